The smallest absolute Gasteiger partial charge is 0.246 e. The van der Waals surface area contributed by atoms with E-state index < -0.39 is 0 Å². The van der Waals surface area contributed by atoms with Gasteiger partial charge in [-0.1, -0.05) is 18.2 Å². The Hall–Kier alpha value is -2.65. The minimum absolute atomic E-state index is 0.0482. The van der Waals surface area contributed by atoms with Crippen molar-refractivity contribution < 1.29 is 9.15 Å². The summed E-state index contributed by atoms with van der Waals surface area (Å²) in [6.07, 6.45) is -0.196. The van der Waals surface area contributed by atoms with Crippen LogP contribution in [0.5, 0.6) is 0 Å². The van der Waals surface area contributed by atoms with Crippen molar-refractivity contribution in [2.24, 2.45) is 0 Å². The largest absolute Gasteiger partial charge is 0.423 e. The molecule has 130 valence electrons. The van der Waals surface area contributed by atoms with Crippen LogP contribution >= 0.6 is 0 Å². The molecule has 0 radical (unpaired) electrons. The zero-order valence-corrected chi connectivity index (χ0v) is 14.1. The van der Waals surface area contributed by atoms with Gasteiger partial charge in [-0.05, 0) is 29.5 Å². The van der Waals surface area contributed by atoms with Gasteiger partial charge in [0.15, 0.2) is 5.82 Å². The molecule has 1 saturated heterocycles. The summed E-state index contributed by atoms with van der Waals surface area (Å²) in [5.74, 6) is 1.83. The third kappa shape index (κ3) is 3.42. The van der Waals surface area contributed by atoms with E-state index >= 15 is 0 Å². The average molecular weight is 341 g/mol. The Bertz CT molecular complexity index is 832. The number of benzene rings is 1. The van der Waals surface area contributed by atoms with Crippen LogP contribution in [0.4, 0.5) is 0 Å². The van der Waals surface area contributed by atoms with Crippen LogP contribution in [0.1, 0.15) is 30.6 Å². The van der Waals surface area contributed by atoms with Crippen LogP contribution < -0.4 is 0 Å². The van der Waals surface area contributed by atoms with Crippen LogP contribution in [-0.2, 0) is 11.3 Å². The summed E-state index contributed by atoms with van der Waals surface area (Å²) in [4.78, 5) is 2.24. The van der Waals surface area contributed by atoms with Crippen molar-refractivity contribution in [3.63, 3.8) is 0 Å². The predicted molar refractivity (Wildman–Crippen MR) is 86.8 cm³/mol. The van der Waals surface area contributed by atoms with Gasteiger partial charge in [-0.3, -0.25) is 4.90 Å². The first kappa shape index (κ1) is 15.9. The molecule has 9 nitrogen and oxygen atoms in total. The molecule has 0 bridgehead atoms. The second kappa shape index (κ2) is 6.69. The van der Waals surface area contributed by atoms with Crippen molar-refractivity contribution in [2.75, 3.05) is 13.1 Å². The highest BCUT2D eigenvalue weighted by molar-refractivity contribution is 5.30. The van der Waals surface area contributed by atoms with Crippen LogP contribution in [0.2, 0.25) is 0 Å². The highest BCUT2D eigenvalue weighted by Gasteiger charge is 2.31. The maximum Gasteiger partial charge on any atom is 0.246 e. The number of hydrogen-bond donors (Lipinski definition) is 0. The topological polar surface area (TPSA) is 95.0 Å². The Morgan fingerprint density at radius 2 is 1.96 bits per heavy atom. The number of ether oxygens (including phenoxy) is 1. The van der Waals surface area contributed by atoms with E-state index in [1.807, 2.05) is 37.3 Å². The van der Waals surface area contributed by atoms with Crippen LogP contribution in [0.3, 0.4) is 0 Å². The quantitative estimate of drug-likeness (QED) is 0.701. The molecule has 0 amide bonds. The molecule has 0 unspecified atom stereocenters. The van der Waals surface area contributed by atoms with Crippen LogP contribution in [-0.4, -0.2) is 54.5 Å². The maximum atomic E-state index is 5.95. The summed E-state index contributed by atoms with van der Waals surface area (Å²) in [5.41, 5.74) is 0.938. The van der Waals surface area contributed by atoms with Gasteiger partial charge in [-0.2, -0.15) is 4.68 Å². The first-order valence-electron chi connectivity index (χ1n) is 8.19. The van der Waals surface area contributed by atoms with E-state index in [9.17, 15) is 0 Å². The first-order valence-corrected chi connectivity index (χ1v) is 8.19. The molecule has 1 aliphatic rings. The predicted octanol–water partition coefficient (Wildman–Crippen LogP) is 1.32. The van der Waals surface area contributed by atoms with Gasteiger partial charge in [0.1, 0.15) is 6.10 Å². The van der Waals surface area contributed by atoms with Gasteiger partial charge in [-0.25, -0.2) is 0 Å². The van der Waals surface area contributed by atoms with Crippen molar-refractivity contribution in [1.29, 1.82) is 0 Å². The van der Waals surface area contributed by atoms with Gasteiger partial charge < -0.3 is 9.15 Å². The molecule has 4 rings (SSSR count). The molecular weight excluding hydrogens is 322 g/mol. The molecule has 0 aliphatic carbocycles. The summed E-state index contributed by atoms with van der Waals surface area (Å²) in [6, 6.07) is 9.85. The zero-order chi connectivity index (χ0) is 17.2. The van der Waals surface area contributed by atoms with Crippen molar-refractivity contribution in [3.05, 3.63) is 47.9 Å². The fourth-order valence-corrected chi connectivity index (χ4v) is 3.02. The molecule has 0 saturated carbocycles. The molecule has 1 aromatic carbocycles. The van der Waals surface area contributed by atoms with Crippen LogP contribution in [0.25, 0.3) is 5.69 Å². The monoisotopic (exact) mass is 341 g/mol. The average Bonchev–Trinajstić information content (AvgIpc) is 3.24. The molecule has 2 aromatic heterocycles. The van der Waals surface area contributed by atoms with E-state index in [0.717, 1.165) is 18.1 Å². The lowest BCUT2D eigenvalue weighted by Crippen LogP contribution is -2.42. The summed E-state index contributed by atoms with van der Waals surface area (Å²) in [7, 11) is 0. The van der Waals surface area contributed by atoms with Gasteiger partial charge in [0.2, 0.25) is 11.8 Å². The number of aryl methyl sites for hydroxylation is 1. The minimum atomic E-state index is -0.244. The first-order chi connectivity index (χ1) is 12.2. The summed E-state index contributed by atoms with van der Waals surface area (Å²) < 4.78 is 13.2. The highest BCUT2D eigenvalue weighted by Crippen LogP contribution is 2.25. The lowest BCUT2D eigenvalue weighted by molar-refractivity contribution is -0.0924. The molecule has 0 spiro atoms. The number of nitrogens with zero attached hydrogens (tertiary/aromatic N) is 7. The molecule has 9 heteroatoms. The SMILES string of the molecule is Cc1nnc([C@H]2CN(Cc3nnnn3-c3ccccc3)C[C@@H](C)O2)o1. The zero-order valence-electron chi connectivity index (χ0n) is 14.1. The number of para-hydroxylation sites is 1. The fourth-order valence-electron chi connectivity index (χ4n) is 3.02. The van der Waals surface area contributed by atoms with Gasteiger partial charge in [0.25, 0.3) is 0 Å². The van der Waals surface area contributed by atoms with E-state index in [0.29, 0.717) is 24.9 Å². The Morgan fingerprint density at radius 3 is 2.72 bits per heavy atom. The standard InChI is InChI=1S/C16H19N7O2/c1-11-8-22(9-14(24-11)16-19-17-12(2)25-16)10-15-18-20-21-23(15)13-6-4-3-5-7-13/h3-7,11,14H,8-10H2,1-2H3/t11-,14-/m1/s1. The maximum absolute atomic E-state index is 5.95. The molecule has 0 N–H and O–H groups in total. The van der Waals surface area contributed by atoms with E-state index in [1.165, 1.54) is 0 Å². The lowest BCUT2D eigenvalue weighted by Gasteiger charge is -2.34. The number of aromatic nitrogens is 6. The van der Waals surface area contributed by atoms with Crippen LogP contribution in [0, 0.1) is 6.92 Å². The fraction of sp³-hybridized carbons (Fsp3) is 0.438. The third-order valence-corrected chi connectivity index (χ3v) is 4.05. The Balaban J connectivity index is 1.52. The van der Waals surface area contributed by atoms with Crippen molar-refractivity contribution in [2.45, 2.75) is 32.6 Å². The van der Waals surface area contributed by atoms with Crippen molar-refractivity contribution >= 4 is 0 Å². The van der Waals surface area contributed by atoms with Gasteiger partial charge in [0.05, 0.1) is 18.3 Å². The number of hydrogen-bond acceptors (Lipinski definition) is 8. The van der Waals surface area contributed by atoms with Gasteiger partial charge >= 0.3 is 0 Å². The van der Waals surface area contributed by atoms with Crippen molar-refractivity contribution in [1.82, 2.24) is 35.3 Å². The van der Waals surface area contributed by atoms with E-state index in [1.54, 1.807) is 11.6 Å². The molecular formula is C16H19N7O2. The molecule has 25 heavy (non-hydrogen) atoms. The second-order valence-electron chi connectivity index (χ2n) is 6.13. The van der Waals surface area contributed by atoms with E-state index in [2.05, 4.69) is 30.6 Å². The number of morpholine rings is 1. The minimum Gasteiger partial charge on any atom is -0.423 e. The van der Waals surface area contributed by atoms with Crippen molar-refractivity contribution in [3.8, 4) is 5.69 Å². The van der Waals surface area contributed by atoms with Gasteiger partial charge in [-0.15, -0.1) is 15.3 Å². The molecule has 3 heterocycles. The number of rotatable bonds is 4. The Labute approximate surface area is 144 Å². The van der Waals surface area contributed by atoms with Crippen LogP contribution in [0.15, 0.2) is 34.7 Å². The summed E-state index contributed by atoms with van der Waals surface area (Å²) in [6.45, 7) is 5.84. The normalized spacial score (nSPS) is 21.5. The molecule has 2 atom stereocenters. The molecule has 1 fully saturated rings. The van der Waals surface area contributed by atoms with E-state index in [-0.39, 0.29) is 12.2 Å². The molecule has 3 aromatic rings. The second-order valence-corrected chi connectivity index (χ2v) is 6.13. The molecule has 1 aliphatic heterocycles. The Morgan fingerprint density at radius 1 is 1.12 bits per heavy atom. The van der Waals surface area contributed by atoms with Gasteiger partial charge in [0, 0.05) is 20.0 Å². The summed E-state index contributed by atoms with van der Waals surface area (Å²) >= 11 is 0. The third-order valence-electron chi connectivity index (χ3n) is 4.05. The lowest BCUT2D eigenvalue weighted by atomic mass is 10.2. The summed E-state index contributed by atoms with van der Waals surface area (Å²) in [5, 5.41) is 20.1. The van der Waals surface area contributed by atoms with E-state index in [4.69, 9.17) is 9.15 Å². The highest BCUT2D eigenvalue weighted by atomic mass is 16.5. The Kier molecular flexibility index (Phi) is 4.24. The number of tetrazole rings is 1.